The maximum atomic E-state index is 11.9. The highest BCUT2D eigenvalue weighted by atomic mass is 32.2. The highest BCUT2D eigenvalue weighted by Gasteiger charge is 2.23. The molecule has 1 heterocycles. The summed E-state index contributed by atoms with van der Waals surface area (Å²) < 4.78 is 25.5. The fourth-order valence-corrected chi connectivity index (χ4v) is 4.37. The van der Waals surface area contributed by atoms with E-state index >= 15 is 0 Å². The van der Waals surface area contributed by atoms with Gasteiger partial charge < -0.3 is 5.32 Å². The van der Waals surface area contributed by atoms with Crippen LogP contribution in [0.4, 0.5) is 0 Å². The van der Waals surface area contributed by atoms with Crippen molar-refractivity contribution in [2.45, 2.75) is 19.8 Å². The SMILES string of the molecule is CCNCCCCS(=O)(=O)N1CCSCC1. The van der Waals surface area contributed by atoms with Crippen molar-refractivity contribution in [2.75, 3.05) is 43.4 Å². The molecule has 96 valence electrons. The van der Waals surface area contributed by atoms with E-state index in [1.165, 1.54) is 0 Å². The summed E-state index contributed by atoms with van der Waals surface area (Å²) in [4.78, 5) is 0. The van der Waals surface area contributed by atoms with Crippen molar-refractivity contribution in [2.24, 2.45) is 0 Å². The van der Waals surface area contributed by atoms with Gasteiger partial charge in [0.15, 0.2) is 0 Å². The van der Waals surface area contributed by atoms with Crippen LogP contribution in [0.1, 0.15) is 19.8 Å². The Morgan fingerprint density at radius 1 is 1.25 bits per heavy atom. The summed E-state index contributed by atoms with van der Waals surface area (Å²) in [5.74, 6) is 2.19. The first-order valence-electron chi connectivity index (χ1n) is 5.93. The van der Waals surface area contributed by atoms with Gasteiger partial charge in [0, 0.05) is 24.6 Å². The van der Waals surface area contributed by atoms with Crippen molar-refractivity contribution >= 4 is 21.8 Å². The lowest BCUT2D eigenvalue weighted by atomic mass is 10.3. The Kier molecular flexibility index (Phi) is 6.72. The molecule has 0 aromatic carbocycles. The van der Waals surface area contributed by atoms with Crippen LogP contribution in [0.15, 0.2) is 0 Å². The average molecular weight is 266 g/mol. The van der Waals surface area contributed by atoms with Gasteiger partial charge in [-0.05, 0) is 25.9 Å². The van der Waals surface area contributed by atoms with Crippen LogP contribution in [-0.4, -0.2) is 56.2 Å². The Hall–Kier alpha value is 0.220. The number of unbranched alkanes of at least 4 members (excludes halogenated alkanes) is 1. The van der Waals surface area contributed by atoms with Gasteiger partial charge in [-0.1, -0.05) is 6.92 Å². The number of thioether (sulfide) groups is 1. The van der Waals surface area contributed by atoms with Gasteiger partial charge in [-0.15, -0.1) is 0 Å². The van der Waals surface area contributed by atoms with E-state index in [1.807, 2.05) is 11.8 Å². The van der Waals surface area contributed by atoms with Gasteiger partial charge in [0.25, 0.3) is 0 Å². The summed E-state index contributed by atoms with van der Waals surface area (Å²) in [7, 11) is -2.98. The molecule has 0 saturated carbocycles. The summed E-state index contributed by atoms with van der Waals surface area (Å²) in [6, 6.07) is 0. The molecular formula is C10H22N2O2S2. The molecule has 0 radical (unpaired) electrons. The molecule has 1 N–H and O–H groups in total. The third kappa shape index (κ3) is 5.03. The van der Waals surface area contributed by atoms with Gasteiger partial charge in [0.2, 0.25) is 10.0 Å². The fourth-order valence-electron chi connectivity index (χ4n) is 1.67. The Morgan fingerprint density at radius 3 is 2.56 bits per heavy atom. The first kappa shape index (κ1) is 14.3. The van der Waals surface area contributed by atoms with Crippen LogP contribution < -0.4 is 5.32 Å². The van der Waals surface area contributed by atoms with Crippen molar-refractivity contribution in [1.29, 1.82) is 0 Å². The van der Waals surface area contributed by atoms with Crippen LogP contribution >= 0.6 is 11.8 Å². The smallest absolute Gasteiger partial charge is 0.214 e. The van der Waals surface area contributed by atoms with Crippen molar-refractivity contribution in [3.8, 4) is 0 Å². The molecule has 0 atom stereocenters. The molecule has 0 aromatic rings. The largest absolute Gasteiger partial charge is 0.317 e. The molecule has 16 heavy (non-hydrogen) atoms. The predicted molar refractivity (Wildman–Crippen MR) is 70.5 cm³/mol. The minimum absolute atomic E-state index is 0.309. The van der Waals surface area contributed by atoms with Crippen molar-refractivity contribution in [3.05, 3.63) is 0 Å². The molecule has 1 aliphatic rings. The molecule has 1 rings (SSSR count). The molecule has 0 unspecified atom stereocenters. The predicted octanol–water partition coefficient (Wildman–Crippen LogP) is 0.755. The maximum Gasteiger partial charge on any atom is 0.214 e. The van der Waals surface area contributed by atoms with Crippen LogP contribution in [0, 0.1) is 0 Å². The second-order valence-electron chi connectivity index (χ2n) is 3.89. The van der Waals surface area contributed by atoms with E-state index in [4.69, 9.17) is 0 Å². The van der Waals surface area contributed by atoms with Gasteiger partial charge in [-0.25, -0.2) is 12.7 Å². The van der Waals surface area contributed by atoms with Gasteiger partial charge in [0.05, 0.1) is 5.75 Å². The molecule has 0 amide bonds. The zero-order valence-electron chi connectivity index (χ0n) is 9.94. The molecule has 0 bridgehead atoms. The van der Waals surface area contributed by atoms with Gasteiger partial charge in [-0.3, -0.25) is 0 Å². The van der Waals surface area contributed by atoms with E-state index in [0.717, 1.165) is 37.4 Å². The summed E-state index contributed by atoms with van der Waals surface area (Å²) in [6.45, 7) is 5.32. The van der Waals surface area contributed by atoms with Gasteiger partial charge >= 0.3 is 0 Å². The third-order valence-electron chi connectivity index (χ3n) is 2.62. The number of hydrogen-bond donors (Lipinski definition) is 1. The Balaban J connectivity index is 2.22. The van der Waals surface area contributed by atoms with Gasteiger partial charge in [-0.2, -0.15) is 11.8 Å². The second kappa shape index (κ2) is 7.53. The molecule has 6 heteroatoms. The second-order valence-corrected chi connectivity index (χ2v) is 7.20. The molecule has 1 saturated heterocycles. The number of nitrogens with one attached hydrogen (secondary N) is 1. The number of nitrogens with zero attached hydrogens (tertiary/aromatic N) is 1. The zero-order valence-corrected chi connectivity index (χ0v) is 11.6. The molecule has 0 aliphatic carbocycles. The van der Waals surface area contributed by atoms with E-state index in [2.05, 4.69) is 12.2 Å². The Bertz CT molecular complexity index is 275. The Morgan fingerprint density at radius 2 is 1.94 bits per heavy atom. The monoisotopic (exact) mass is 266 g/mol. The molecule has 4 nitrogen and oxygen atoms in total. The van der Waals surface area contributed by atoms with Crippen LogP contribution in [0.25, 0.3) is 0 Å². The normalized spacial score (nSPS) is 18.8. The lowest BCUT2D eigenvalue weighted by Gasteiger charge is -2.25. The Labute approximate surface area is 103 Å². The quantitative estimate of drug-likeness (QED) is 0.691. The average Bonchev–Trinajstić information content (AvgIpc) is 2.30. The molecule has 0 aromatic heterocycles. The van der Waals surface area contributed by atoms with E-state index in [-0.39, 0.29) is 0 Å². The number of sulfonamides is 1. The molecular weight excluding hydrogens is 244 g/mol. The topological polar surface area (TPSA) is 49.4 Å². The molecule has 1 fully saturated rings. The van der Waals surface area contributed by atoms with Crippen LogP contribution in [-0.2, 0) is 10.0 Å². The lowest BCUT2D eigenvalue weighted by molar-refractivity contribution is 0.441. The lowest BCUT2D eigenvalue weighted by Crippen LogP contribution is -2.39. The highest BCUT2D eigenvalue weighted by molar-refractivity contribution is 7.99. The van der Waals surface area contributed by atoms with Crippen molar-refractivity contribution in [1.82, 2.24) is 9.62 Å². The maximum absolute atomic E-state index is 11.9. The van der Waals surface area contributed by atoms with E-state index in [9.17, 15) is 8.42 Å². The van der Waals surface area contributed by atoms with Crippen molar-refractivity contribution in [3.63, 3.8) is 0 Å². The molecule has 0 spiro atoms. The third-order valence-corrected chi connectivity index (χ3v) is 5.52. The van der Waals surface area contributed by atoms with E-state index in [0.29, 0.717) is 18.8 Å². The minimum atomic E-state index is -2.98. The van der Waals surface area contributed by atoms with Crippen LogP contribution in [0.5, 0.6) is 0 Å². The first-order chi connectivity index (χ1) is 7.67. The van der Waals surface area contributed by atoms with E-state index < -0.39 is 10.0 Å². The minimum Gasteiger partial charge on any atom is -0.317 e. The summed E-state index contributed by atoms with van der Waals surface area (Å²) >= 11 is 1.83. The zero-order chi connectivity index (χ0) is 11.9. The summed E-state index contributed by atoms with van der Waals surface area (Å²) in [6.07, 6.45) is 1.70. The fraction of sp³-hybridized carbons (Fsp3) is 1.00. The van der Waals surface area contributed by atoms with E-state index in [1.54, 1.807) is 4.31 Å². The van der Waals surface area contributed by atoms with Crippen LogP contribution in [0.3, 0.4) is 0 Å². The molecule has 1 aliphatic heterocycles. The van der Waals surface area contributed by atoms with Gasteiger partial charge in [0.1, 0.15) is 0 Å². The summed E-state index contributed by atoms with van der Waals surface area (Å²) in [5.41, 5.74) is 0. The summed E-state index contributed by atoms with van der Waals surface area (Å²) in [5, 5.41) is 3.20. The van der Waals surface area contributed by atoms with Crippen LogP contribution in [0.2, 0.25) is 0 Å². The standard InChI is InChI=1S/C10H22N2O2S2/c1-2-11-5-3-4-10-16(13,14)12-6-8-15-9-7-12/h11H,2-10H2,1H3. The highest BCUT2D eigenvalue weighted by Crippen LogP contribution is 2.14. The van der Waals surface area contributed by atoms with Crippen molar-refractivity contribution < 1.29 is 8.42 Å². The first-order valence-corrected chi connectivity index (χ1v) is 8.69. The number of rotatable bonds is 7. The number of hydrogen-bond acceptors (Lipinski definition) is 4.